The van der Waals surface area contributed by atoms with E-state index in [9.17, 15) is 19.2 Å². The second-order valence-electron chi connectivity index (χ2n) is 6.55. The van der Waals surface area contributed by atoms with Gasteiger partial charge in [0, 0.05) is 19.0 Å². The Morgan fingerprint density at radius 3 is 2.63 bits per heavy atom. The normalized spacial score (nSPS) is 17.5. The number of ketones is 1. The van der Waals surface area contributed by atoms with E-state index in [4.69, 9.17) is 0 Å². The zero-order valence-electron chi connectivity index (χ0n) is 15.4. The third-order valence-corrected chi connectivity index (χ3v) is 4.43. The number of Topliss-reactive ketones (excluding diaryl/α,β-unsaturated/α-hetero) is 1. The summed E-state index contributed by atoms with van der Waals surface area (Å²) in [4.78, 5) is 48.8. The first-order chi connectivity index (χ1) is 13.0. The molecule has 8 nitrogen and oxygen atoms in total. The molecule has 2 unspecified atom stereocenters. The molecule has 0 bridgehead atoms. The maximum atomic E-state index is 12.6. The minimum atomic E-state index is -1.03. The molecule has 0 saturated carbocycles. The van der Waals surface area contributed by atoms with Crippen molar-refractivity contribution >= 4 is 23.5 Å². The molecule has 0 spiro atoms. The first kappa shape index (κ1) is 20.6. The summed E-state index contributed by atoms with van der Waals surface area (Å²) in [5, 5.41) is 10.6. The van der Waals surface area contributed by atoms with Crippen LogP contribution in [0.4, 0.5) is 0 Å². The van der Waals surface area contributed by atoms with Crippen LogP contribution in [0, 0.1) is 5.92 Å². The Bertz CT molecular complexity index is 678. The molecule has 1 heterocycles. The summed E-state index contributed by atoms with van der Waals surface area (Å²) in [6.07, 6.45) is 1.55. The van der Waals surface area contributed by atoms with Gasteiger partial charge in [0.1, 0.15) is 0 Å². The monoisotopic (exact) mass is 374 g/mol. The highest BCUT2D eigenvalue weighted by Crippen LogP contribution is 2.18. The number of carbonyl (C=O) groups excluding carboxylic acids is 4. The van der Waals surface area contributed by atoms with Gasteiger partial charge in [-0.1, -0.05) is 30.3 Å². The van der Waals surface area contributed by atoms with Crippen LogP contribution in [0.25, 0.3) is 0 Å². The van der Waals surface area contributed by atoms with E-state index in [2.05, 4.69) is 21.3 Å². The third-order valence-electron chi connectivity index (χ3n) is 4.43. The van der Waals surface area contributed by atoms with E-state index in [0.29, 0.717) is 13.0 Å². The molecule has 2 atom stereocenters. The van der Waals surface area contributed by atoms with Crippen molar-refractivity contribution in [2.24, 2.45) is 5.92 Å². The van der Waals surface area contributed by atoms with Gasteiger partial charge in [-0.25, -0.2) is 0 Å². The lowest BCUT2D eigenvalue weighted by molar-refractivity contribution is -0.141. The molecular weight excluding hydrogens is 348 g/mol. The second kappa shape index (κ2) is 10.4. The average molecular weight is 374 g/mol. The molecule has 8 heteroatoms. The fourth-order valence-corrected chi connectivity index (χ4v) is 3.01. The molecular formula is C19H26N4O4. The lowest BCUT2D eigenvalue weighted by atomic mass is 9.90. The molecule has 1 saturated heterocycles. The van der Waals surface area contributed by atoms with E-state index in [1.165, 1.54) is 0 Å². The summed E-state index contributed by atoms with van der Waals surface area (Å²) < 4.78 is 0. The summed E-state index contributed by atoms with van der Waals surface area (Å²) >= 11 is 0. The summed E-state index contributed by atoms with van der Waals surface area (Å²) in [6, 6.07) is 8.18. The average Bonchev–Trinajstić information content (AvgIpc) is 2.67. The highest BCUT2D eigenvalue weighted by Gasteiger charge is 2.32. The van der Waals surface area contributed by atoms with Crippen molar-refractivity contribution in [3.8, 4) is 0 Å². The Kier molecular flexibility index (Phi) is 7.94. The lowest BCUT2D eigenvalue weighted by Crippen LogP contribution is -2.51. The Labute approximate surface area is 158 Å². The minimum absolute atomic E-state index is 0.0201. The largest absolute Gasteiger partial charge is 0.356 e. The highest BCUT2D eigenvalue weighted by atomic mass is 16.2. The minimum Gasteiger partial charge on any atom is -0.356 e. The number of hydrogen-bond donors (Lipinski definition) is 4. The molecule has 1 aliphatic rings. The van der Waals surface area contributed by atoms with Gasteiger partial charge in [-0.15, -0.1) is 0 Å². The predicted octanol–water partition coefficient (Wildman–Crippen LogP) is -0.508. The van der Waals surface area contributed by atoms with Crippen LogP contribution in [0.5, 0.6) is 0 Å². The zero-order valence-corrected chi connectivity index (χ0v) is 15.4. The van der Waals surface area contributed by atoms with Crippen molar-refractivity contribution in [3.05, 3.63) is 35.9 Å². The van der Waals surface area contributed by atoms with E-state index in [0.717, 1.165) is 12.0 Å². The van der Waals surface area contributed by atoms with Crippen LogP contribution < -0.4 is 21.3 Å². The van der Waals surface area contributed by atoms with Gasteiger partial charge < -0.3 is 21.3 Å². The first-order valence-corrected chi connectivity index (χ1v) is 9.09. The van der Waals surface area contributed by atoms with Crippen molar-refractivity contribution in [2.75, 3.05) is 20.1 Å². The highest BCUT2D eigenvalue weighted by molar-refractivity contribution is 6.38. The number of amides is 3. The van der Waals surface area contributed by atoms with Crippen LogP contribution in [0.15, 0.2) is 30.3 Å². The predicted molar refractivity (Wildman–Crippen MR) is 99.5 cm³/mol. The Balaban J connectivity index is 2.00. The molecule has 27 heavy (non-hydrogen) atoms. The standard InChI is InChI=1S/C19H26N4O4/c1-20-12-16(24)23-15(10-14-8-5-9-21-18(14)26)17(25)19(27)22-11-13-6-3-2-4-7-13/h2-4,6-7,14-15,20H,5,8-12H2,1H3,(H,21,26)(H,22,27)(H,23,24). The second-order valence-corrected chi connectivity index (χ2v) is 6.55. The summed E-state index contributed by atoms with van der Waals surface area (Å²) in [6.45, 7) is 0.844. The van der Waals surface area contributed by atoms with E-state index in [1.54, 1.807) is 7.05 Å². The molecule has 3 amide bonds. The lowest BCUT2D eigenvalue weighted by Gasteiger charge is -2.26. The van der Waals surface area contributed by atoms with Crippen molar-refractivity contribution in [1.82, 2.24) is 21.3 Å². The Morgan fingerprint density at radius 1 is 1.22 bits per heavy atom. The van der Waals surface area contributed by atoms with Gasteiger partial charge in [0.2, 0.25) is 17.6 Å². The van der Waals surface area contributed by atoms with Crippen molar-refractivity contribution in [3.63, 3.8) is 0 Å². The number of hydrogen-bond acceptors (Lipinski definition) is 5. The molecule has 1 aliphatic heterocycles. The van der Waals surface area contributed by atoms with Crippen LogP contribution in [0.1, 0.15) is 24.8 Å². The van der Waals surface area contributed by atoms with Crippen LogP contribution >= 0.6 is 0 Å². The van der Waals surface area contributed by atoms with E-state index in [1.807, 2.05) is 30.3 Å². The van der Waals surface area contributed by atoms with Gasteiger partial charge in [0.15, 0.2) is 0 Å². The quantitative estimate of drug-likeness (QED) is 0.435. The molecule has 146 valence electrons. The summed E-state index contributed by atoms with van der Waals surface area (Å²) in [7, 11) is 1.61. The molecule has 1 aromatic carbocycles. The van der Waals surface area contributed by atoms with Gasteiger partial charge >= 0.3 is 0 Å². The van der Waals surface area contributed by atoms with Gasteiger partial charge in [0.05, 0.1) is 12.6 Å². The smallest absolute Gasteiger partial charge is 0.289 e. The fourth-order valence-electron chi connectivity index (χ4n) is 3.01. The number of piperidine rings is 1. The van der Waals surface area contributed by atoms with E-state index >= 15 is 0 Å². The number of nitrogens with one attached hydrogen (secondary N) is 4. The molecule has 4 N–H and O–H groups in total. The molecule has 1 aromatic rings. The van der Waals surface area contributed by atoms with Crippen molar-refractivity contribution < 1.29 is 19.2 Å². The van der Waals surface area contributed by atoms with E-state index in [-0.39, 0.29) is 25.4 Å². The van der Waals surface area contributed by atoms with Gasteiger partial charge in [-0.2, -0.15) is 0 Å². The van der Waals surface area contributed by atoms with Crippen LogP contribution in [0.3, 0.4) is 0 Å². The Hall–Kier alpha value is -2.74. The van der Waals surface area contributed by atoms with Crippen molar-refractivity contribution in [2.45, 2.75) is 31.8 Å². The molecule has 0 aromatic heterocycles. The molecule has 1 fully saturated rings. The summed E-state index contributed by atoms with van der Waals surface area (Å²) in [5.41, 5.74) is 0.862. The Morgan fingerprint density at radius 2 is 1.96 bits per heavy atom. The zero-order chi connectivity index (χ0) is 19.6. The number of rotatable bonds is 9. The summed E-state index contributed by atoms with van der Waals surface area (Å²) in [5.74, 6) is -2.46. The maximum absolute atomic E-state index is 12.6. The maximum Gasteiger partial charge on any atom is 0.289 e. The fraction of sp³-hybridized carbons (Fsp3) is 0.474. The van der Waals surface area contributed by atoms with Gasteiger partial charge in [0.25, 0.3) is 5.91 Å². The van der Waals surface area contributed by atoms with Gasteiger partial charge in [-0.05, 0) is 31.9 Å². The van der Waals surface area contributed by atoms with Gasteiger partial charge in [-0.3, -0.25) is 19.2 Å². The molecule has 0 aliphatic carbocycles. The van der Waals surface area contributed by atoms with Crippen LogP contribution in [0.2, 0.25) is 0 Å². The van der Waals surface area contributed by atoms with Crippen LogP contribution in [-0.2, 0) is 25.7 Å². The molecule has 0 radical (unpaired) electrons. The van der Waals surface area contributed by atoms with E-state index < -0.39 is 29.6 Å². The van der Waals surface area contributed by atoms with Crippen molar-refractivity contribution in [1.29, 1.82) is 0 Å². The topological polar surface area (TPSA) is 116 Å². The molecule has 2 rings (SSSR count). The third kappa shape index (κ3) is 6.49. The van der Waals surface area contributed by atoms with Crippen LogP contribution in [-0.4, -0.2) is 49.7 Å². The number of likely N-dealkylation sites (N-methyl/N-ethyl adjacent to an activating group) is 1. The number of benzene rings is 1. The number of carbonyl (C=O) groups is 4. The first-order valence-electron chi connectivity index (χ1n) is 9.09. The SMILES string of the molecule is CNCC(=O)NC(CC1CCCNC1=O)C(=O)C(=O)NCc1ccccc1.